The summed E-state index contributed by atoms with van der Waals surface area (Å²) in [6.07, 6.45) is 3.50. The van der Waals surface area contributed by atoms with Crippen LogP contribution in [0.5, 0.6) is 0 Å². The van der Waals surface area contributed by atoms with Gasteiger partial charge in [-0.2, -0.15) is 0 Å². The molecule has 84 valence electrons. The van der Waals surface area contributed by atoms with Gasteiger partial charge in [-0.3, -0.25) is 0 Å². The van der Waals surface area contributed by atoms with Crippen LogP contribution in [0.3, 0.4) is 0 Å². The third-order valence-corrected chi connectivity index (χ3v) is 3.52. The fourth-order valence-corrected chi connectivity index (χ4v) is 2.37. The van der Waals surface area contributed by atoms with Crippen molar-refractivity contribution < 1.29 is 0 Å². The number of rotatable bonds is 2. The Balaban J connectivity index is 1.86. The van der Waals surface area contributed by atoms with E-state index in [9.17, 15) is 0 Å². The molecule has 0 bridgehead atoms. The van der Waals surface area contributed by atoms with Crippen molar-refractivity contribution in [3.8, 4) is 11.1 Å². The third-order valence-electron chi connectivity index (χ3n) is 3.52. The minimum Gasteiger partial charge on any atom is -0.0878 e. The lowest BCUT2D eigenvalue weighted by atomic mass is 10.0. The predicted molar refractivity (Wildman–Crippen MR) is 73.0 cm³/mol. The zero-order valence-corrected chi connectivity index (χ0v) is 10.1. The Morgan fingerprint density at radius 1 is 0.882 bits per heavy atom. The molecule has 2 aromatic rings. The third kappa shape index (κ3) is 2.03. The topological polar surface area (TPSA) is 0 Å². The van der Waals surface area contributed by atoms with Gasteiger partial charge in [-0.15, -0.1) is 0 Å². The molecule has 0 amide bonds. The first-order chi connectivity index (χ1) is 8.38. The van der Waals surface area contributed by atoms with Crippen molar-refractivity contribution >= 4 is 0 Å². The molecule has 0 heterocycles. The second kappa shape index (κ2) is 4.21. The lowest BCUT2D eigenvalue weighted by Crippen LogP contribution is -1.81. The van der Waals surface area contributed by atoms with Crippen LogP contribution in [0.1, 0.15) is 24.8 Å². The summed E-state index contributed by atoms with van der Waals surface area (Å²) in [6, 6.07) is 19.5. The Labute approximate surface area is 103 Å². The van der Waals surface area contributed by atoms with Gasteiger partial charge >= 0.3 is 0 Å². The van der Waals surface area contributed by atoms with Gasteiger partial charge in [-0.05, 0) is 30.0 Å². The fourth-order valence-electron chi connectivity index (χ4n) is 2.37. The SMILES string of the molecule is C/C=C1\CC1c1ccc(-c2ccccc2)cc1. The zero-order chi connectivity index (χ0) is 11.7. The van der Waals surface area contributed by atoms with Crippen LogP contribution in [0.2, 0.25) is 0 Å². The highest BCUT2D eigenvalue weighted by Gasteiger charge is 2.29. The Morgan fingerprint density at radius 3 is 2.12 bits per heavy atom. The second-order valence-corrected chi connectivity index (χ2v) is 4.61. The first-order valence-corrected chi connectivity index (χ1v) is 6.19. The molecule has 2 aromatic carbocycles. The van der Waals surface area contributed by atoms with Crippen molar-refractivity contribution in [2.45, 2.75) is 19.3 Å². The van der Waals surface area contributed by atoms with Gasteiger partial charge < -0.3 is 0 Å². The molecular formula is C17H16. The van der Waals surface area contributed by atoms with Gasteiger partial charge in [0.25, 0.3) is 0 Å². The van der Waals surface area contributed by atoms with Gasteiger partial charge in [0, 0.05) is 5.92 Å². The van der Waals surface area contributed by atoms with E-state index in [1.165, 1.54) is 23.1 Å². The summed E-state index contributed by atoms with van der Waals surface area (Å²) in [7, 11) is 0. The number of hydrogen-bond donors (Lipinski definition) is 0. The van der Waals surface area contributed by atoms with Gasteiger partial charge in [-0.25, -0.2) is 0 Å². The van der Waals surface area contributed by atoms with E-state index < -0.39 is 0 Å². The van der Waals surface area contributed by atoms with Crippen LogP contribution in [0, 0.1) is 0 Å². The van der Waals surface area contributed by atoms with Crippen LogP contribution in [0.25, 0.3) is 11.1 Å². The van der Waals surface area contributed by atoms with Crippen LogP contribution >= 0.6 is 0 Å². The first kappa shape index (κ1) is 10.3. The number of allylic oxidation sites excluding steroid dienone is 2. The molecule has 1 aliphatic rings. The van der Waals surface area contributed by atoms with Crippen molar-refractivity contribution in [2.75, 3.05) is 0 Å². The van der Waals surface area contributed by atoms with E-state index in [1.807, 2.05) is 0 Å². The predicted octanol–water partition coefficient (Wildman–Crippen LogP) is 4.79. The molecule has 1 atom stereocenters. The second-order valence-electron chi connectivity index (χ2n) is 4.61. The van der Waals surface area contributed by atoms with Gasteiger partial charge in [0.2, 0.25) is 0 Å². The molecule has 1 unspecified atom stereocenters. The van der Waals surface area contributed by atoms with Crippen LogP contribution in [0.15, 0.2) is 66.2 Å². The Bertz CT molecular complexity index is 532. The molecule has 0 heteroatoms. The van der Waals surface area contributed by atoms with Crippen LogP contribution < -0.4 is 0 Å². The van der Waals surface area contributed by atoms with Gasteiger partial charge in [-0.1, -0.05) is 66.2 Å². The number of hydrogen-bond acceptors (Lipinski definition) is 0. The van der Waals surface area contributed by atoms with Gasteiger partial charge in [0.15, 0.2) is 0 Å². The Hall–Kier alpha value is -1.82. The molecule has 0 nitrogen and oxygen atoms in total. The van der Waals surface area contributed by atoms with Crippen molar-refractivity contribution in [1.29, 1.82) is 0 Å². The fraction of sp³-hybridized carbons (Fsp3) is 0.176. The van der Waals surface area contributed by atoms with Crippen molar-refractivity contribution in [1.82, 2.24) is 0 Å². The van der Waals surface area contributed by atoms with Gasteiger partial charge in [0.05, 0.1) is 0 Å². The maximum absolute atomic E-state index is 2.27. The Kier molecular flexibility index (Phi) is 2.56. The maximum atomic E-state index is 2.27. The van der Waals surface area contributed by atoms with Crippen molar-refractivity contribution in [3.63, 3.8) is 0 Å². The minimum atomic E-state index is 0.699. The lowest BCUT2D eigenvalue weighted by Gasteiger charge is -2.03. The van der Waals surface area contributed by atoms with Crippen molar-refractivity contribution in [3.05, 3.63) is 71.8 Å². The molecule has 1 saturated carbocycles. The molecule has 17 heavy (non-hydrogen) atoms. The highest BCUT2D eigenvalue weighted by molar-refractivity contribution is 5.64. The highest BCUT2D eigenvalue weighted by atomic mass is 14.3. The molecule has 0 saturated heterocycles. The first-order valence-electron chi connectivity index (χ1n) is 6.19. The average molecular weight is 220 g/mol. The van der Waals surface area contributed by atoms with Crippen LogP contribution in [-0.2, 0) is 0 Å². The zero-order valence-electron chi connectivity index (χ0n) is 10.1. The summed E-state index contributed by atoms with van der Waals surface area (Å²) in [4.78, 5) is 0. The summed E-state index contributed by atoms with van der Waals surface area (Å²) in [6.45, 7) is 2.13. The molecule has 0 spiro atoms. The maximum Gasteiger partial charge on any atom is 0.00857 e. The summed E-state index contributed by atoms with van der Waals surface area (Å²) >= 11 is 0. The summed E-state index contributed by atoms with van der Waals surface area (Å²) < 4.78 is 0. The van der Waals surface area contributed by atoms with Crippen LogP contribution in [0.4, 0.5) is 0 Å². The van der Waals surface area contributed by atoms with E-state index in [-0.39, 0.29) is 0 Å². The molecule has 0 radical (unpaired) electrons. The van der Waals surface area contributed by atoms with E-state index in [0.717, 1.165) is 0 Å². The van der Waals surface area contributed by atoms with E-state index in [0.29, 0.717) is 5.92 Å². The monoisotopic (exact) mass is 220 g/mol. The van der Waals surface area contributed by atoms with E-state index >= 15 is 0 Å². The Morgan fingerprint density at radius 2 is 1.53 bits per heavy atom. The molecule has 0 N–H and O–H groups in total. The molecule has 0 aliphatic heterocycles. The molecule has 1 aliphatic carbocycles. The normalized spacial score (nSPS) is 20.5. The summed E-state index contributed by atoms with van der Waals surface area (Å²) in [5.74, 6) is 0.699. The minimum absolute atomic E-state index is 0.699. The van der Waals surface area contributed by atoms with E-state index in [1.54, 1.807) is 5.57 Å². The van der Waals surface area contributed by atoms with E-state index in [4.69, 9.17) is 0 Å². The largest absolute Gasteiger partial charge is 0.0878 e. The summed E-state index contributed by atoms with van der Waals surface area (Å²) in [5.41, 5.74) is 5.63. The average Bonchev–Trinajstić information content (AvgIpc) is 3.19. The van der Waals surface area contributed by atoms with Gasteiger partial charge in [0.1, 0.15) is 0 Å². The quantitative estimate of drug-likeness (QED) is 0.638. The molecule has 0 aromatic heterocycles. The van der Waals surface area contributed by atoms with Crippen LogP contribution in [-0.4, -0.2) is 0 Å². The highest BCUT2D eigenvalue weighted by Crippen LogP contribution is 2.46. The standard InChI is InChI=1S/C17H16/c1-2-13-12-17(13)16-10-8-15(9-11-16)14-6-4-3-5-7-14/h2-11,17H,12H2,1H3/b13-2+. The number of benzene rings is 2. The lowest BCUT2D eigenvalue weighted by molar-refractivity contribution is 1.16. The summed E-state index contributed by atoms with van der Waals surface area (Å²) in [5, 5.41) is 0. The molecule has 1 fully saturated rings. The molecule has 3 rings (SSSR count). The smallest absolute Gasteiger partial charge is 0.00857 e. The van der Waals surface area contributed by atoms with Crippen molar-refractivity contribution in [2.24, 2.45) is 0 Å². The molecular weight excluding hydrogens is 204 g/mol. The van der Waals surface area contributed by atoms with E-state index in [2.05, 4.69) is 67.6 Å².